The van der Waals surface area contributed by atoms with Crippen molar-refractivity contribution in [1.82, 2.24) is 9.62 Å². The van der Waals surface area contributed by atoms with Crippen LogP contribution >= 0.6 is 0 Å². The van der Waals surface area contributed by atoms with Crippen LogP contribution in [0, 0.1) is 0 Å². The summed E-state index contributed by atoms with van der Waals surface area (Å²) in [4.78, 5) is 12.5. The summed E-state index contributed by atoms with van der Waals surface area (Å²) in [7, 11) is -2.25. The number of hydrogen-bond donors (Lipinski definition) is 1. The maximum absolute atomic E-state index is 13.1. The molecule has 1 amide bonds. The molecule has 1 atom stereocenters. The fourth-order valence-electron chi connectivity index (χ4n) is 3.25. The second-order valence-electron chi connectivity index (χ2n) is 6.85. The third-order valence-electron chi connectivity index (χ3n) is 4.71. The number of sulfonamides is 1. The fourth-order valence-corrected chi connectivity index (χ4v) is 4.95. The average Bonchev–Trinajstić information content (AvgIpc) is 2.91. The van der Waals surface area contributed by atoms with E-state index in [4.69, 9.17) is 4.74 Å². The Balaban J connectivity index is 2.32. The number of nitrogens with zero attached hydrogens (tertiary/aromatic N) is 1. The molecule has 1 aromatic carbocycles. The molecular weight excluding hydrogens is 352 g/mol. The van der Waals surface area contributed by atoms with Gasteiger partial charge in [0.1, 0.15) is 10.6 Å². The molecule has 1 aromatic rings. The zero-order valence-corrected chi connectivity index (χ0v) is 16.8. The quantitative estimate of drug-likeness (QED) is 0.786. The minimum absolute atomic E-state index is 0.0419. The summed E-state index contributed by atoms with van der Waals surface area (Å²) in [5, 5.41) is 2.91. The maximum Gasteiger partial charge on any atom is 0.251 e. The molecule has 0 unspecified atom stereocenters. The molecule has 26 heavy (non-hydrogen) atoms. The number of rotatable bonds is 7. The van der Waals surface area contributed by atoms with Crippen LogP contribution < -0.4 is 10.1 Å². The van der Waals surface area contributed by atoms with Crippen molar-refractivity contribution in [3.8, 4) is 5.75 Å². The van der Waals surface area contributed by atoms with Gasteiger partial charge in [-0.05, 0) is 44.4 Å². The smallest absolute Gasteiger partial charge is 0.251 e. The van der Waals surface area contributed by atoms with Gasteiger partial charge < -0.3 is 10.1 Å². The summed E-state index contributed by atoms with van der Waals surface area (Å²) < 4.78 is 33.1. The van der Waals surface area contributed by atoms with Crippen LogP contribution in [0.4, 0.5) is 0 Å². The molecule has 0 radical (unpaired) electrons. The summed E-state index contributed by atoms with van der Waals surface area (Å²) >= 11 is 0. The van der Waals surface area contributed by atoms with Gasteiger partial charge in [-0.2, -0.15) is 4.31 Å². The number of benzene rings is 1. The van der Waals surface area contributed by atoms with E-state index in [-0.39, 0.29) is 22.6 Å². The Hall–Kier alpha value is -1.60. The summed E-state index contributed by atoms with van der Waals surface area (Å²) in [6.07, 6.45) is 5.65. The highest BCUT2D eigenvalue weighted by atomic mass is 32.2. The molecule has 146 valence electrons. The second-order valence-corrected chi connectivity index (χ2v) is 8.75. The van der Waals surface area contributed by atoms with Crippen molar-refractivity contribution < 1.29 is 17.9 Å². The van der Waals surface area contributed by atoms with E-state index >= 15 is 0 Å². The van der Waals surface area contributed by atoms with Crippen LogP contribution in [0.25, 0.3) is 0 Å². The summed E-state index contributed by atoms with van der Waals surface area (Å²) in [5.74, 6) is 0.00771. The predicted octanol–water partition coefficient (Wildman–Crippen LogP) is 3.18. The van der Waals surface area contributed by atoms with Gasteiger partial charge in [-0.3, -0.25) is 4.79 Å². The van der Waals surface area contributed by atoms with Gasteiger partial charge in [0.2, 0.25) is 10.0 Å². The van der Waals surface area contributed by atoms with Crippen LogP contribution in [-0.2, 0) is 10.0 Å². The minimum atomic E-state index is -3.69. The number of carbonyl (C=O) groups is 1. The lowest BCUT2D eigenvalue weighted by Crippen LogP contribution is -2.34. The SMILES string of the molecule is CCC[C@H](C)NC(=O)c1ccc(OC)c(S(=O)(=O)N2CCCCCC2)c1. The average molecular weight is 383 g/mol. The Bertz CT molecular complexity index is 710. The molecule has 0 aliphatic carbocycles. The Morgan fingerprint density at radius 1 is 1.23 bits per heavy atom. The van der Waals surface area contributed by atoms with Crippen molar-refractivity contribution in [1.29, 1.82) is 0 Å². The van der Waals surface area contributed by atoms with Gasteiger partial charge in [0.15, 0.2) is 0 Å². The molecule has 0 saturated carbocycles. The van der Waals surface area contributed by atoms with Gasteiger partial charge in [0, 0.05) is 24.7 Å². The van der Waals surface area contributed by atoms with E-state index in [0.717, 1.165) is 38.5 Å². The van der Waals surface area contributed by atoms with Crippen LogP contribution in [0.2, 0.25) is 0 Å². The summed E-state index contributed by atoms with van der Waals surface area (Å²) in [5.41, 5.74) is 0.335. The normalized spacial score (nSPS) is 17.3. The standard InChI is InChI=1S/C19H30N2O4S/c1-4-9-15(2)20-19(22)16-10-11-17(25-3)18(14-16)26(23,24)21-12-7-5-6-8-13-21/h10-11,14-15H,4-9,12-13H2,1-3H3,(H,20,22)/t15-/m0/s1. The first kappa shape index (κ1) is 20.7. The number of ether oxygens (including phenoxy) is 1. The second kappa shape index (κ2) is 9.37. The van der Waals surface area contributed by atoms with Crippen LogP contribution in [0.3, 0.4) is 0 Å². The summed E-state index contributed by atoms with van der Waals surface area (Å²) in [6.45, 7) is 5.02. The third-order valence-corrected chi connectivity index (χ3v) is 6.63. The zero-order valence-electron chi connectivity index (χ0n) is 16.0. The number of amides is 1. The molecule has 7 heteroatoms. The van der Waals surface area contributed by atoms with Crippen LogP contribution in [0.15, 0.2) is 23.1 Å². The summed E-state index contributed by atoms with van der Waals surface area (Å²) in [6, 6.07) is 4.64. The van der Waals surface area contributed by atoms with E-state index in [0.29, 0.717) is 18.7 Å². The molecule has 1 saturated heterocycles. The van der Waals surface area contributed by atoms with Crippen molar-refractivity contribution in [2.75, 3.05) is 20.2 Å². The molecule has 6 nitrogen and oxygen atoms in total. The monoisotopic (exact) mass is 382 g/mol. The van der Waals surface area contributed by atoms with Gasteiger partial charge in [-0.15, -0.1) is 0 Å². The van der Waals surface area contributed by atoms with Gasteiger partial charge in [-0.25, -0.2) is 8.42 Å². The highest BCUT2D eigenvalue weighted by molar-refractivity contribution is 7.89. The molecule has 1 aliphatic heterocycles. The number of nitrogens with one attached hydrogen (secondary N) is 1. The van der Waals surface area contributed by atoms with E-state index in [9.17, 15) is 13.2 Å². The Kier molecular flexibility index (Phi) is 7.46. The Labute approximate surface area is 157 Å². The molecular formula is C19H30N2O4S. The lowest BCUT2D eigenvalue weighted by Gasteiger charge is -2.22. The Morgan fingerprint density at radius 3 is 2.46 bits per heavy atom. The van der Waals surface area contributed by atoms with E-state index < -0.39 is 10.0 Å². The molecule has 0 spiro atoms. The van der Waals surface area contributed by atoms with Crippen molar-refractivity contribution in [2.45, 2.75) is 63.3 Å². The first-order valence-electron chi connectivity index (χ1n) is 9.39. The first-order chi connectivity index (χ1) is 12.4. The van der Waals surface area contributed by atoms with Gasteiger partial charge in [0.05, 0.1) is 7.11 Å². The van der Waals surface area contributed by atoms with Gasteiger partial charge in [0.25, 0.3) is 5.91 Å². The van der Waals surface area contributed by atoms with Gasteiger partial charge >= 0.3 is 0 Å². The van der Waals surface area contributed by atoms with Crippen LogP contribution in [-0.4, -0.2) is 44.9 Å². The largest absolute Gasteiger partial charge is 0.495 e. The first-order valence-corrected chi connectivity index (χ1v) is 10.8. The molecule has 0 aromatic heterocycles. The van der Waals surface area contributed by atoms with E-state index in [1.165, 1.54) is 17.5 Å². The van der Waals surface area contributed by atoms with Crippen molar-refractivity contribution >= 4 is 15.9 Å². The van der Waals surface area contributed by atoms with Crippen molar-refractivity contribution in [3.05, 3.63) is 23.8 Å². The lowest BCUT2D eigenvalue weighted by molar-refractivity contribution is 0.0938. The minimum Gasteiger partial charge on any atom is -0.495 e. The maximum atomic E-state index is 13.1. The predicted molar refractivity (Wildman–Crippen MR) is 102 cm³/mol. The van der Waals surface area contributed by atoms with Crippen LogP contribution in [0.1, 0.15) is 62.7 Å². The topological polar surface area (TPSA) is 75.7 Å². The van der Waals surface area contributed by atoms with E-state index in [1.54, 1.807) is 12.1 Å². The highest BCUT2D eigenvalue weighted by Crippen LogP contribution is 2.29. The lowest BCUT2D eigenvalue weighted by atomic mass is 10.1. The molecule has 0 bridgehead atoms. The fraction of sp³-hybridized carbons (Fsp3) is 0.632. The molecule has 1 fully saturated rings. The van der Waals surface area contributed by atoms with Crippen molar-refractivity contribution in [3.63, 3.8) is 0 Å². The number of carbonyl (C=O) groups excluding carboxylic acids is 1. The van der Waals surface area contributed by atoms with Gasteiger partial charge in [-0.1, -0.05) is 26.2 Å². The molecule has 1 heterocycles. The molecule has 1 N–H and O–H groups in total. The Morgan fingerprint density at radius 2 is 1.88 bits per heavy atom. The number of hydrogen-bond acceptors (Lipinski definition) is 4. The zero-order chi connectivity index (χ0) is 19.2. The van der Waals surface area contributed by atoms with E-state index in [1.807, 2.05) is 6.92 Å². The third kappa shape index (κ3) is 4.98. The molecule has 2 rings (SSSR count). The molecule has 1 aliphatic rings. The number of methoxy groups -OCH3 is 1. The van der Waals surface area contributed by atoms with Crippen LogP contribution in [0.5, 0.6) is 5.75 Å². The van der Waals surface area contributed by atoms with Crippen molar-refractivity contribution in [2.24, 2.45) is 0 Å². The highest BCUT2D eigenvalue weighted by Gasteiger charge is 2.29. The van der Waals surface area contributed by atoms with E-state index in [2.05, 4.69) is 12.2 Å².